The van der Waals surface area contributed by atoms with Crippen LogP contribution in [0.4, 0.5) is 8.78 Å². The molecule has 0 aliphatic carbocycles. The third-order valence-electron chi connectivity index (χ3n) is 1.48. The molecule has 1 N–H and O–H groups in total. The maximum absolute atomic E-state index is 11.7. The van der Waals surface area contributed by atoms with Gasteiger partial charge in [-0.2, -0.15) is 0 Å². The third kappa shape index (κ3) is 4.69. The Labute approximate surface area is 88.3 Å². The number of hydrogen-bond acceptors (Lipinski definition) is 2. The number of thiophene rings is 1. The molecule has 0 aliphatic rings. The quantitative estimate of drug-likeness (QED) is 0.811. The minimum Gasteiger partial charge on any atom is -0.311 e. The number of alkyl halides is 2. The summed E-state index contributed by atoms with van der Waals surface area (Å²) in [6, 6.07) is 3.96. The van der Waals surface area contributed by atoms with Crippen molar-refractivity contribution in [2.24, 2.45) is 0 Å². The van der Waals surface area contributed by atoms with Crippen molar-refractivity contribution >= 4 is 27.3 Å². The Morgan fingerprint density at radius 1 is 1.46 bits per heavy atom. The smallest absolute Gasteiger partial charge is 0.250 e. The normalized spacial score (nSPS) is 11.1. The molecule has 74 valence electrons. The van der Waals surface area contributed by atoms with Gasteiger partial charge in [0.25, 0.3) is 6.43 Å². The SMILES string of the molecule is FC(F)CNCCc1ccc(Br)s1. The van der Waals surface area contributed by atoms with Gasteiger partial charge in [-0.3, -0.25) is 0 Å². The number of nitrogens with one attached hydrogen (secondary N) is 1. The first-order valence-corrected chi connectivity index (χ1v) is 5.52. The van der Waals surface area contributed by atoms with Gasteiger partial charge in [-0.15, -0.1) is 11.3 Å². The van der Waals surface area contributed by atoms with Crippen LogP contribution >= 0.6 is 27.3 Å². The predicted molar refractivity (Wildman–Crippen MR) is 54.6 cm³/mol. The van der Waals surface area contributed by atoms with Crippen molar-refractivity contribution in [2.45, 2.75) is 12.8 Å². The molecule has 0 aromatic carbocycles. The van der Waals surface area contributed by atoms with Gasteiger partial charge < -0.3 is 5.32 Å². The molecule has 0 spiro atoms. The van der Waals surface area contributed by atoms with Crippen molar-refractivity contribution in [2.75, 3.05) is 13.1 Å². The molecule has 1 aromatic heterocycles. The largest absolute Gasteiger partial charge is 0.311 e. The lowest BCUT2D eigenvalue weighted by atomic mass is 10.3. The summed E-state index contributed by atoms with van der Waals surface area (Å²) in [5, 5.41) is 2.68. The summed E-state index contributed by atoms with van der Waals surface area (Å²) in [7, 11) is 0. The van der Waals surface area contributed by atoms with Crippen LogP contribution in [0.5, 0.6) is 0 Å². The highest BCUT2D eigenvalue weighted by molar-refractivity contribution is 9.11. The highest BCUT2D eigenvalue weighted by Crippen LogP contribution is 2.21. The van der Waals surface area contributed by atoms with Crippen molar-refractivity contribution in [3.8, 4) is 0 Å². The van der Waals surface area contributed by atoms with Crippen molar-refractivity contribution in [3.05, 3.63) is 20.8 Å². The zero-order valence-electron chi connectivity index (χ0n) is 6.90. The molecule has 0 unspecified atom stereocenters. The molecule has 5 heteroatoms. The molecule has 0 atom stereocenters. The molecule has 1 heterocycles. The highest BCUT2D eigenvalue weighted by Gasteiger charge is 2.01. The van der Waals surface area contributed by atoms with Crippen LogP contribution in [-0.4, -0.2) is 19.5 Å². The number of halogens is 3. The van der Waals surface area contributed by atoms with Crippen LogP contribution < -0.4 is 5.32 Å². The topological polar surface area (TPSA) is 12.0 Å². The lowest BCUT2D eigenvalue weighted by molar-refractivity contribution is 0.146. The molecule has 0 aliphatic heterocycles. The molecule has 1 rings (SSSR count). The van der Waals surface area contributed by atoms with Crippen LogP contribution in [0.15, 0.2) is 15.9 Å². The van der Waals surface area contributed by atoms with E-state index in [1.807, 2.05) is 12.1 Å². The fraction of sp³-hybridized carbons (Fsp3) is 0.500. The zero-order valence-corrected chi connectivity index (χ0v) is 9.30. The predicted octanol–water partition coefficient (Wildman–Crippen LogP) is 2.91. The van der Waals surface area contributed by atoms with Gasteiger partial charge in [-0.1, -0.05) is 0 Å². The second-order valence-electron chi connectivity index (χ2n) is 2.55. The lowest BCUT2D eigenvalue weighted by Gasteiger charge is -2.01. The molecular weight excluding hydrogens is 260 g/mol. The molecule has 0 saturated carbocycles. The van der Waals surface area contributed by atoms with E-state index in [1.165, 1.54) is 4.88 Å². The number of hydrogen-bond donors (Lipinski definition) is 1. The van der Waals surface area contributed by atoms with Crippen LogP contribution in [-0.2, 0) is 6.42 Å². The zero-order chi connectivity index (χ0) is 9.68. The van der Waals surface area contributed by atoms with Gasteiger partial charge in [0.15, 0.2) is 0 Å². The van der Waals surface area contributed by atoms with E-state index in [2.05, 4.69) is 21.2 Å². The molecule has 13 heavy (non-hydrogen) atoms. The summed E-state index contributed by atoms with van der Waals surface area (Å²) < 4.78 is 24.5. The van der Waals surface area contributed by atoms with Gasteiger partial charge in [0.1, 0.15) is 0 Å². The van der Waals surface area contributed by atoms with Crippen molar-refractivity contribution in [1.29, 1.82) is 0 Å². The molecule has 0 radical (unpaired) electrons. The van der Waals surface area contributed by atoms with Crippen molar-refractivity contribution in [1.82, 2.24) is 5.32 Å². The van der Waals surface area contributed by atoms with E-state index < -0.39 is 6.43 Å². The van der Waals surface area contributed by atoms with E-state index in [9.17, 15) is 8.78 Å². The van der Waals surface area contributed by atoms with E-state index in [1.54, 1.807) is 11.3 Å². The molecule has 0 bridgehead atoms. The van der Waals surface area contributed by atoms with E-state index in [0.29, 0.717) is 6.54 Å². The van der Waals surface area contributed by atoms with Crippen molar-refractivity contribution < 1.29 is 8.78 Å². The van der Waals surface area contributed by atoms with Gasteiger partial charge in [0.05, 0.1) is 10.3 Å². The van der Waals surface area contributed by atoms with Gasteiger partial charge in [-0.05, 0) is 34.5 Å². The van der Waals surface area contributed by atoms with E-state index in [0.717, 1.165) is 10.2 Å². The maximum atomic E-state index is 11.7. The van der Waals surface area contributed by atoms with Crippen LogP contribution in [0.25, 0.3) is 0 Å². The second kappa shape index (κ2) is 5.67. The first kappa shape index (κ1) is 11.1. The van der Waals surface area contributed by atoms with Gasteiger partial charge in [-0.25, -0.2) is 8.78 Å². The highest BCUT2D eigenvalue weighted by atomic mass is 79.9. The molecule has 0 fully saturated rings. The fourth-order valence-electron chi connectivity index (χ4n) is 0.909. The monoisotopic (exact) mass is 269 g/mol. The van der Waals surface area contributed by atoms with Gasteiger partial charge >= 0.3 is 0 Å². The Bertz CT molecular complexity index is 252. The maximum Gasteiger partial charge on any atom is 0.250 e. The Hall–Kier alpha value is -0.0000000000000000833. The molecule has 1 nitrogen and oxygen atoms in total. The minimum absolute atomic E-state index is 0.216. The van der Waals surface area contributed by atoms with Crippen molar-refractivity contribution in [3.63, 3.8) is 0 Å². The van der Waals surface area contributed by atoms with E-state index in [-0.39, 0.29) is 6.54 Å². The fourth-order valence-corrected chi connectivity index (χ4v) is 2.39. The summed E-state index contributed by atoms with van der Waals surface area (Å²) in [6.45, 7) is 0.393. The van der Waals surface area contributed by atoms with Crippen LogP contribution in [0, 0.1) is 0 Å². The Morgan fingerprint density at radius 2 is 2.23 bits per heavy atom. The van der Waals surface area contributed by atoms with Crippen LogP contribution in [0.2, 0.25) is 0 Å². The summed E-state index contributed by atoms with van der Waals surface area (Å²) in [5.74, 6) is 0. The minimum atomic E-state index is -2.25. The Balaban J connectivity index is 2.13. The summed E-state index contributed by atoms with van der Waals surface area (Å²) in [4.78, 5) is 1.20. The van der Waals surface area contributed by atoms with Crippen LogP contribution in [0.1, 0.15) is 4.88 Å². The number of rotatable bonds is 5. The van der Waals surface area contributed by atoms with Crippen LogP contribution in [0.3, 0.4) is 0 Å². The van der Waals surface area contributed by atoms with Gasteiger partial charge in [0, 0.05) is 11.4 Å². The Kier molecular flexibility index (Phi) is 4.83. The first-order chi connectivity index (χ1) is 6.18. The Morgan fingerprint density at radius 3 is 2.77 bits per heavy atom. The van der Waals surface area contributed by atoms with E-state index in [4.69, 9.17) is 0 Å². The molecule has 0 amide bonds. The summed E-state index contributed by atoms with van der Waals surface area (Å²) in [6.07, 6.45) is -1.45. The van der Waals surface area contributed by atoms with E-state index >= 15 is 0 Å². The molecule has 0 saturated heterocycles. The second-order valence-corrected chi connectivity index (χ2v) is 5.10. The average Bonchev–Trinajstić information content (AvgIpc) is 2.45. The lowest BCUT2D eigenvalue weighted by Crippen LogP contribution is -2.23. The molecular formula is C8H10BrF2NS. The van der Waals surface area contributed by atoms with Gasteiger partial charge in [0.2, 0.25) is 0 Å². The summed E-state index contributed by atoms with van der Waals surface area (Å²) >= 11 is 4.98. The third-order valence-corrected chi connectivity index (χ3v) is 3.16. The average molecular weight is 270 g/mol. The molecule has 1 aromatic rings. The summed E-state index contributed by atoms with van der Waals surface area (Å²) in [5.41, 5.74) is 0. The first-order valence-electron chi connectivity index (χ1n) is 3.91. The standard InChI is InChI=1S/C8H10BrF2NS/c9-7-2-1-6(13-7)3-4-12-5-8(10)11/h1-2,8,12H,3-5H2.